The minimum Gasteiger partial charge on any atom is -0.309 e. The van der Waals surface area contributed by atoms with Crippen LogP contribution >= 0.6 is 22.9 Å². The van der Waals surface area contributed by atoms with Crippen molar-refractivity contribution < 1.29 is 4.39 Å². The van der Waals surface area contributed by atoms with E-state index >= 15 is 0 Å². The van der Waals surface area contributed by atoms with E-state index in [9.17, 15) is 4.39 Å². The van der Waals surface area contributed by atoms with Gasteiger partial charge in [0.2, 0.25) is 0 Å². The fraction of sp³-hybridized carbons (Fsp3) is 0.125. The fourth-order valence-corrected chi connectivity index (χ4v) is 3.59. The lowest BCUT2D eigenvalue weighted by atomic mass is 9.97. The minimum absolute atomic E-state index is 0.154. The molecule has 2 aromatic carbocycles. The van der Waals surface area contributed by atoms with Crippen LogP contribution in [0.3, 0.4) is 0 Å². The van der Waals surface area contributed by atoms with E-state index in [4.69, 9.17) is 11.6 Å². The van der Waals surface area contributed by atoms with Crippen LogP contribution in [0.5, 0.6) is 0 Å². The number of hydrogen-bond donors (Lipinski definition) is 1. The summed E-state index contributed by atoms with van der Waals surface area (Å²) in [7, 11) is 1.83. The SMILES string of the molecule is CNC(c1cccc(Cl)c1F)c1cccc2ccsc12. The third kappa shape index (κ3) is 2.22. The summed E-state index contributed by atoms with van der Waals surface area (Å²) in [6, 6.07) is 13.1. The molecule has 0 aliphatic heterocycles. The lowest BCUT2D eigenvalue weighted by Crippen LogP contribution is -2.19. The number of fused-ring (bicyclic) bond motifs is 1. The van der Waals surface area contributed by atoms with Crippen molar-refractivity contribution in [3.05, 3.63) is 69.8 Å². The summed E-state index contributed by atoms with van der Waals surface area (Å²) in [5.74, 6) is -0.359. The van der Waals surface area contributed by atoms with Gasteiger partial charge < -0.3 is 5.32 Å². The van der Waals surface area contributed by atoms with Gasteiger partial charge in [-0.25, -0.2) is 4.39 Å². The number of rotatable bonds is 3. The normalized spacial score (nSPS) is 12.8. The molecular formula is C16H13ClFNS. The van der Waals surface area contributed by atoms with Gasteiger partial charge in [0, 0.05) is 10.3 Å². The van der Waals surface area contributed by atoms with Crippen molar-refractivity contribution in [3.8, 4) is 0 Å². The van der Waals surface area contributed by atoms with Gasteiger partial charge in [-0.15, -0.1) is 11.3 Å². The molecule has 0 radical (unpaired) electrons. The second kappa shape index (κ2) is 5.52. The van der Waals surface area contributed by atoms with Gasteiger partial charge in [0.15, 0.2) is 0 Å². The highest BCUT2D eigenvalue weighted by atomic mass is 35.5. The van der Waals surface area contributed by atoms with E-state index in [0.717, 1.165) is 5.56 Å². The van der Waals surface area contributed by atoms with Gasteiger partial charge in [-0.3, -0.25) is 0 Å². The number of benzene rings is 2. The van der Waals surface area contributed by atoms with E-state index in [1.807, 2.05) is 19.2 Å². The molecule has 0 spiro atoms. The van der Waals surface area contributed by atoms with Crippen molar-refractivity contribution in [2.75, 3.05) is 7.05 Å². The molecule has 3 rings (SSSR count). The first kappa shape index (κ1) is 13.6. The molecule has 3 aromatic rings. The molecule has 0 aliphatic carbocycles. The molecule has 1 unspecified atom stereocenters. The van der Waals surface area contributed by atoms with E-state index in [0.29, 0.717) is 5.56 Å². The van der Waals surface area contributed by atoms with Crippen LogP contribution in [0, 0.1) is 5.82 Å². The number of hydrogen-bond acceptors (Lipinski definition) is 2. The summed E-state index contributed by atoms with van der Waals surface area (Å²) in [5, 5.41) is 6.57. The van der Waals surface area contributed by atoms with Crippen LogP contribution in [-0.2, 0) is 0 Å². The van der Waals surface area contributed by atoms with Crippen molar-refractivity contribution >= 4 is 33.0 Å². The van der Waals surface area contributed by atoms with Crippen LogP contribution in [0.2, 0.25) is 5.02 Å². The Hall–Kier alpha value is -1.42. The second-order valence-corrected chi connectivity index (χ2v) is 5.87. The predicted molar refractivity (Wildman–Crippen MR) is 84.1 cm³/mol. The first-order chi connectivity index (χ1) is 9.72. The summed E-state index contributed by atoms with van der Waals surface area (Å²) in [6.45, 7) is 0. The molecule has 4 heteroatoms. The zero-order valence-corrected chi connectivity index (χ0v) is 12.4. The van der Waals surface area contributed by atoms with Crippen molar-refractivity contribution in [2.45, 2.75) is 6.04 Å². The largest absolute Gasteiger partial charge is 0.309 e. The number of halogens is 2. The Balaban J connectivity index is 2.19. The first-order valence-corrected chi connectivity index (χ1v) is 7.55. The number of nitrogens with one attached hydrogen (secondary N) is 1. The average molecular weight is 306 g/mol. The zero-order valence-electron chi connectivity index (χ0n) is 10.9. The first-order valence-electron chi connectivity index (χ1n) is 6.29. The third-order valence-corrected chi connectivity index (χ3v) is 4.67. The average Bonchev–Trinajstić information content (AvgIpc) is 2.93. The van der Waals surface area contributed by atoms with Crippen LogP contribution in [0.15, 0.2) is 47.8 Å². The molecule has 1 aromatic heterocycles. The van der Waals surface area contributed by atoms with Gasteiger partial charge in [0.05, 0.1) is 11.1 Å². The maximum atomic E-state index is 14.3. The lowest BCUT2D eigenvalue weighted by Gasteiger charge is -2.19. The summed E-state index contributed by atoms with van der Waals surface area (Å²) in [6.07, 6.45) is 0. The maximum absolute atomic E-state index is 14.3. The lowest BCUT2D eigenvalue weighted by molar-refractivity contribution is 0.578. The topological polar surface area (TPSA) is 12.0 Å². The van der Waals surface area contributed by atoms with Crippen LogP contribution in [0.4, 0.5) is 4.39 Å². The van der Waals surface area contributed by atoms with Gasteiger partial charge in [-0.2, -0.15) is 0 Å². The Kier molecular flexibility index (Phi) is 3.74. The van der Waals surface area contributed by atoms with Gasteiger partial charge in [0.1, 0.15) is 5.82 Å². The Morgan fingerprint density at radius 3 is 2.65 bits per heavy atom. The number of thiophene rings is 1. The van der Waals surface area contributed by atoms with Crippen LogP contribution < -0.4 is 5.32 Å². The van der Waals surface area contributed by atoms with Gasteiger partial charge in [-0.05, 0) is 35.5 Å². The van der Waals surface area contributed by atoms with Crippen LogP contribution in [0.1, 0.15) is 17.2 Å². The quantitative estimate of drug-likeness (QED) is 0.718. The van der Waals surface area contributed by atoms with Crippen LogP contribution in [-0.4, -0.2) is 7.05 Å². The van der Waals surface area contributed by atoms with E-state index in [1.54, 1.807) is 29.5 Å². The van der Waals surface area contributed by atoms with Crippen LogP contribution in [0.25, 0.3) is 10.1 Å². The smallest absolute Gasteiger partial charge is 0.146 e. The Morgan fingerprint density at radius 2 is 1.85 bits per heavy atom. The molecular weight excluding hydrogens is 293 g/mol. The standard InChI is InChI=1S/C16H13ClFNS/c1-19-15(11-5-3-7-13(17)14(11)18)12-6-2-4-10-8-9-20-16(10)12/h2-9,15,19H,1H3. The molecule has 102 valence electrons. The highest BCUT2D eigenvalue weighted by Crippen LogP contribution is 2.34. The minimum atomic E-state index is -0.359. The second-order valence-electron chi connectivity index (χ2n) is 4.55. The molecule has 0 amide bonds. The van der Waals surface area contributed by atoms with E-state index in [2.05, 4.69) is 22.8 Å². The van der Waals surface area contributed by atoms with Crippen molar-refractivity contribution in [1.29, 1.82) is 0 Å². The monoisotopic (exact) mass is 305 g/mol. The summed E-state index contributed by atoms with van der Waals surface area (Å²) in [5.41, 5.74) is 1.64. The molecule has 1 atom stereocenters. The zero-order chi connectivity index (χ0) is 14.1. The van der Waals surface area contributed by atoms with Crippen molar-refractivity contribution in [1.82, 2.24) is 5.32 Å². The van der Waals surface area contributed by atoms with E-state index in [1.165, 1.54) is 10.1 Å². The third-order valence-electron chi connectivity index (χ3n) is 3.40. The molecule has 20 heavy (non-hydrogen) atoms. The molecule has 0 saturated heterocycles. The molecule has 1 heterocycles. The molecule has 0 saturated carbocycles. The van der Waals surface area contributed by atoms with Gasteiger partial charge in [-0.1, -0.05) is 41.9 Å². The molecule has 0 fully saturated rings. The highest BCUT2D eigenvalue weighted by Gasteiger charge is 2.20. The Labute approximate surface area is 126 Å². The molecule has 1 N–H and O–H groups in total. The fourth-order valence-electron chi connectivity index (χ4n) is 2.47. The van der Waals surface area contributed by atoms with Gasteiger partial charge >= 0.3 is 0 Å². The van der Waals surface area contributed by atoms with E-state index in [-0.39, 0.29) is 16.9 Å². The summed E-state index contributed by atoms with van der Waals surface area (Å²) in [4.78, 5) is 0. The molecule has 1 nitrogen and oxygen atoms in total. The highest BCUT2D eigenvalue weighted by molar-refractivity contribution is 7.17. The van der Waals surface area contributed by atoms with E-state index < -0.39 is 0 Å². The van der Waals surface area contributed by atoms with Crippen molar-refractivity contribution in [3.63, 3.8) is 0 Å². The molecule has 0 bridgehead atoms. The predicted octanol–water partition coefficient (Wildman–Crippen LogP) is 5.00. The van der Waals surface area contributed by atoms with Crippen molar-refractivity contribution in [2.24, 2.45) is 0 Å². The molecule has 0 aliphatic rings. The van der Waals surface area contributed by atoms with Gasteiger partial charge in [0.25, 0.3) is 0 Å². The summed E-state index contributed by atoms with van der Waals surface area (Å²) < 4.78 is 15.5. The Morgan fingerprint density at radius 1 is 1.10 bits per heavy atom. The summed E-state index contributed by atoms with van der Waals surface area (Å²) >= 11 is 7.57. The maximum Gasteiger partial charge on any atom is 0.146 e. The Bertz CT molecular complexity index is 753.